The first kappa shape index (κ1) is 11.7. The zero-order valence-electron chi connectivity index (χ0n) is 9.03. The molecule has 0 spiro atoms. The molecule has 0 aliphatic carbocycles. The van der Waals surface area contributed by atoms with Crippen molar-refractivity contribution in [2.24, 2.45) is 5.92 Å². The average molecular weight is 211 g/mol. The van der Waals surface area contributed by atoms with Crippen LogP contribution in [0.4, 0.5) is 0 Å². The number of hydrogen-bond donors (Lipinski definition) is 3. The number of carbonyl (C=O) groups is 1. The second-order valence-corrected chi connectivity index (χ2v) is 3.87. The van der Waals surface area contributed by atoms with Crippen molar-refractivity contribution in [3.63, 3.8) is 0 Å². The summed E-state index contributed by atoms with van der Waals surface area (Å²) < 4.78 is 0. The number of carbonyl (C=O) groups excluding carboxylic acids is 1. The van der Waals surface area contributed by atoms with E-state index in [2.05, 4.69) is 15.5 Å². The predicted molar refractivity (Wildman–Crippen MR) is 56.1 cm³/mol. The minimum Gasteiger partial charge on any atom is -0.391 e. The van der Waals surface area contributed by atoms with E-state index in [9.17, 15) is 9.90 Å². The molecule has 0 aliphatic heterocycles. The lowest BCUT2D eigenvalue weighted by Crippen LogP contribution is -2.35. The van der Waals surface area contributed by atoms with Crippen molar-refractivity contribution in [1.82, 2.24) is 15.5 Å². The maximum Gasteiger partial charge on any atom is 0.226 e. The number of aliphatic hydroxyl groups excluding tert-OH is 1. The van der Waals surface area contributed by atoms with Gasteiger partial charge < -0.3 is 10.4 Å². The normalized spacial score (nSPS) is 12.8. The summed E-state index contributed by atoms with van der Waals surface area (Å²) in [4.78, 5) is 11.4. The van der Waals surface area contributed by atoms with Crippen molar-refractivity contribution in [1.29, 1.82) is 0 Å². The van der Waals surface area contributed by atoms with E-state index in [1.165, 1.54) is 0 Å². The molecule has 0 fully saturated rings. The first-order valence-electron chi connectivity index (χ1n) is 5.02. The Morgan fingerprint density at radius 2 is 2.40 bits per heavy atom. The van der Waals surface area contributed by atoms with Gasteiger partial charge in [-0.05, 0) is 12.0 Å². The summed E-state index contributed by atoms with van der Waals surface area (Å²) in [5, 5.41) is 18.6. The molecule has 1 aromatic heterocycles. The van der Waals surface area contributed by atoms with Crippen molar-refractivity contribution in [3.05, 3.63) is 18.0 Å². The number of nitrogens with zero attached hydrogens (tertiary/aromatic N) is 1. The molecular formula is C10H17N3O2. The van der Waals surface area contributed by atoms with Gasteiger partial charge >= 0.3 is 0 Å². The summed E-state index contributed by atoms with van der Waals surface area (Å²) in [5.74, 6) is 0.0383. The van der Waals surface area contributed by atoms with Gasteiger partial charge in [-0.3, -0.25) is 9.89 Å². The Bertz CT molecular complexity index is 296. The van der Waals surface area contributed by atoms with Crippen LogP contribution in [-0.4, -0.2) is 33.9 Å². The predicted octanol–water partition coefficient (Wildman–Crippen LogP) is 0.0853. The Hall–Kier alpha value is -1.36. The molecule has 5 nitrogen and oxygen atoms in total. The molecular weight excluding hydrogens is 194 g/mol. The molecule has 1 atom stereocenters. The smallest absolute Gasteiger partial charge is 0.226 e. The van der Waals surface area contributed by atoms with Crippen molar-refractivity contribution in [3.8, 4) is 0 Å². The van der Waals surface area contributed by atoms with E-state index in [0.29, 0.717) is 6.54 Å². The third kappa shape index (κ3) is 4.12. The summed E-state index contributed by atoms with van der Waals surface area (Å²) in [6.07, 6.45) is 1.38. The minimum absolute atomic E-state index is 0.112. The van der Waals surface area contributed by atoms with E-state index in [1.807, 2.05) is 13.8 Å². The first-order chi connectivity index (χ1) is 7.09. The van der Waals surface area contributed by atoms with E-state index in [4.69, 9.17) is 0 Å². The zero-order chi connectivity index (χ0) is 11.3. The molecule has 0 aromatic carbocycles. The quantitative estimate of drug-likeness (QED) is 0.645. The van der Waals surface area contributed by atoms with Crippen molar-refractivity contribution in [2.75, 3.05) is 6.54 Å². The van der Waals surface area contributed by atoms with E-state index < -0.39 is 6.10 Å². The van der Waals surface area contributed by atoms with Crippen molar-refractivity contribution < 1.29 is 9.90 Å². The van der Waals surface area contributed by atoms with Gasteiger partial charge in [-0.2, -0.15) is 5.10 Å². The highest BCUT2D eigenvalue weighted by atomic mass is 16.3. The van der Waals surface area contributed by atoms with Gasteiger partial charge in [0.2, 0.25) is 5.91 Å². The fraction of sp³-hybridized carbons (Fsp3) is 0.600. The number of hydrogen-bond acceptors (Lipinski definition) is 3. The third-order valence-corrected chi connectivity index (χ3v) is 2.19. The van der Waals surface area contributed by atoms with E-state index in [0.717, 1.165) is 5.69 Å². The van der Waals surface area contributed by atoms with Crippen LogP contribution in [0.3, 0.4) is 0 Å². The van der Waals surface area contributed by atoms with Crippen LogP contribution in [0.1, 0.15) is 19.5 Å². The molecule has 1 amide bonds. The number of rotatable bonds is 5. The van der Waals surface area contributed by atoms with Crippen LogP contribution < -0.4 is 5.32 Å². The van der Waals surface area contributed by atoms with Gasteiger partial charge in [0.05, 0.1) is 12.5 Å². The van der Waals surface area contributed by atoms with E-state index in [-0.39, 0.29) is 18.2 Å². The van der Waals surface area contributed by atoms with Gasteiger partial charge in [-0.25, -0.2) is 0 Å². The Morgan fingerprint density at radius 3 is 2.93 bits per heavy atom. The van der Waals surface area contributed by atoms with Gasteiger partial charge in [0.25, 0.3) is 0 Å². The number of aliphatic hydroxyl groups is 1. The lowest BCUT2D eigenvalue weighted by Gasteiger charge is -2.14. The highest BCUT2D eigenvalue weighted by Gasteiger charge is 2.11. The number of nitrogens with one attached hydrogen (secondary N) is 2. The van der Waals surface area contributed by atoms with Crippen LogP contribution >= 0.6 is 0 Å². The molecule has 0 aliphatic rings. The van der Waals surface area contributed by atoms with Gasteiger partial charge in [0.15, 0.2) is 0 Å². The monoisotopic (exact) mass is 211 g/mol. The van der Waals surface area contributed by atoms with E-state index in [1.54, 1.807) is 12.3 Å². The SMILES string of the molecule is CC(C)C(O)CNC(=O)Cc1ccn[nH]1. The maximum atomic E-state index is 11.4. The molecule has 15 heavy (non-hydrogen) atoms. The fourth-order valence-electron chi connectivity index (χ4n) is 1.07. The van der Waals surface area contributed by atoms with Crippen LogP contribution in [0, 0.1) is 5.92 Å². The molecule has 0 bridgehead atoms. The number of aromatic amines is 1. The summed E-state index contributed by atoms with van der Waals surface area (Å²) in [6.45, 7) is 4.11. The number of H-pyrrole nitrogens is 1. The van der Waals surface area contributed by atoms with Gasteiger partial charge in [0.1, 0.15) is 0 Å². The second-order valence-electron chi connectivity index (χ2n) is 3.87. The van der Waals surface area contributed by atoms with Crippen LogP contribution in [0.5, 0.6) is 0 Å². The maximum absolute atomic E-state index is 11.4. The van der Waals surface area contributed by atoms with Gasteiger partial charge in [-0.1, -0.05) is 13.8 Å². The number of amides is 1. The van der Waals surface area contributed by atoms with Crippen molar-refractivity contribution in [2.45, 2.75) is 26.4 Å². The highest BCUT2D eigenvalue weighted by molar-refractivity contribution is 5.78. The summed E-state index contributed by atoms with van der Waals surface area (Å²) in [7, 11) is 0. The van der Waals surface area contributed by atoms with Gasteiger partial charge in [-0.15, -0.1) is 0 Å². The molecule has 0 saturated heterocycles. The van der Waals surface area contributed by atoms with Crippen LogP contribution in [0.2, 0.25) is 0 Å². The fourth-order valence-corrected chi connectivity index (χ4v) is 1.07. The first-order valence-corrected chi connectivity index (χ1v) is 5.02. The molecule has 1 heterocycles. The van der Waals surface area contributed by atoms with E-state index >= 15 is 0 Å². The molecule has 3 N–H and O–H groups in total. The molecule has 1 aromatic rings. The average Bonchev–Trinajstić information content (AvgIpc) is 2.66. The Balaban J connectivity index is 2.25. The molecule has 5 heteroatoms. The summed E-state index contributed by atoms with van der Waals surface area (Å²) >= 11 is 0. The highest BCUT2D eigenvalue weighted by Crippen LogP contribution is 1.99. The van der Waals surface area contributed by atoms with Crippen LogP contribution in [0.15, 0.2) is 12.3 Å². The standard InChI is InChI=1S/C10H17N3O2/c1-7(2)9(14)6-11-10(15)5-8-3-4-12-13-8/h3-4,7,9,14H,5-6H2,1-2H3,(H,11,15)(H,12,13). The lowest BCUT2D eigenvalue weighted by molar-refractivity contribution is -0.121. The summed E-state index contributed by atoms with van der Waals surface area (Å²) in [6, 6.07) is 1.75. The molecule has 1 rings (SSSR count). The Labute approximate surface area is 88.9 Å². The topological polar surface area (TPSA) is 78.0 Å². The molecule has 1 unspecified atom stereocenters. The molecule has 0 radical (unpaired) electrons. The molecule has 0 saturated carbocycles. The Kier molecular flexibility index (Phi) is 4.30. The van der Waals surface area contributed by atoms with Gasteiger partial charge in [0, 0.05) is 18.4 Å². The summed E-state index contributed by atoms with van der Waals surface area (Å²) in [5.41, 5.74) is 0.770. The van der Waals surface area contributed by atoms with Crippen molar-refractivity contribution >= 4 is 5.91 Å². The molecule has 84 valence electrons. The Morgan fingerprint density at radius 1 is 1.67 bits per heavy atom. The van der Waals surface area contributed by atoms with Crippen LogP contribution in [-0.2, 0) is 11.2 Å². The van der Waals surface area contributed by atoms with Crippen LogP contribution in [0.25, 0.3) is 0 Å². The third-order valence-electron chi connectivity index (χ3n) is 2.19. The minimum atomic E-state index is -0.490. The zero-order valence-corrected chi connectivity index (χ0v) is 9.03. The largest absolute Gasteiger partial charge is 0.391 e. The number of aromatic nitrogens is 2. The second kappa shape index (κ2) is 5.50. The lowest BCUT2D eigenvalue weighted by atomic mass is 10.1.